The van der Waals surface area contributed by atoms with Gasteiger partial charge in [-0.2, -0.15) is 4.31 Å². The van der Waals surface area contributed by atoms with E-state index in [9.17, 15) is 13.2 Å². The third-order valence-corrected chi connectivity index (χ3v) is 6.84. The lowest BCUT2D eigenvalue weighted by Crippen LogP contribution is -2.44. The highest BCUT2D eigenvalue weighted by atomic mass is 32.2. The number of rotatable bonds is 5. The number of thiophene rings is 1. The molecule has 1 atom stereocenters. The molecular weight excluding hydrogens is 364 g/mol. The van der Waals surface area contributed by atoms with E-state index in [0.29, 0.717) is 18.7 Å². The third kappa shape index (κ3) is 3.83. The number of pyridine rings is 1. The number of methoxy groups -OCH3 is 1. The van der Waals surface area contributed by atoms with E-state index in [-0.39, 0.29) is 22.4 Å². The molecule has 0 amide bonds. The number of hydrogen-bond acceptors (Lipinski definition) is 7. The second-order valence-electron chi connectivity index (χ2n) is 5.53. The molecule has 134 valence electrons. The van der Waals surface area contributed by atoms with E-state index in [1.807, 2.05) is 0 Å². The van der Waals surface area contributed by atoms with Crippen molar-refractivity contribution in [2.45, 2.75) is 23.8 Å². The summed E-state index contributed by atoms with van der Waals surface area (Å²) in [5.41, 5.74) is 0. The Morgan fingerprint density at radius 1 is 1.32 bits per heavy atom. The van der Waals surface area contributed by atoms with Gasteiger partial charge in [0, 0.05) is 18.9 Å². The molecular formula is C16H18N2O5S2. The third-order valence-electron chi connectivity index (χ3n) is 3.91. The highest BCUT2D eigenvalue weighted by Gasteiger charge is 2.34. The number of aromatic nitrogens is 1. The molecule has 2 aromatic heterocycles. The lowest BCUT2D eigenvalue weighted by atomic mass is 10.1. The van der Waals surface area contributed by atoms with Gasteiger partial charge in [0.25, 0.3) is 0 Å². The molecule has 1 fully saturated rings. The SMILES string of the molecule is COC(=O)c1sccc1S(=O)(=O)N1CCCC(Oc2ccncc2)C1. The fourth-order valence-electron chi connectivity index (χ4n) is 2.71. The summed E-state index contributed by atoms with van der Waals surface area (Å²) >= 11 is 1.06. The quantitative estimate of drug-likeness (QED) is 0.737. The number of sulfonamides is 1. The van der Waals surface area contributed by atoms with Crippen LogP contribution in [-0.2, 0) is 14.8 Å². The van der Waals surface area contributed by atoms with E-state index >= 15 is 0 Å². The zero-order chi connectivity index (χ0) is 17.9. The van der Waals surface area contributed by atoms with Gasteiger partial charge in [0.1, 0.15) is 21.6 Å². The second-order valence-corrected chi connectivity index (χ2v) is 8.36. The highest BCUT2D eigenvalue weighted by Crippen LogP contribution is 2.28. The van der Waals surface area contributed by atoms with Crippen molar-refractivity contribution < 1.29 is 22.7 Å². The average molecular weight is 382 g/mol. The molecule has 3 heterocycles. The summed E-state index contributed by atoms with van der Waals surface area (Å²) in [6.07, 6.45) is 4.46. The first-order chi connectivity index (χ1) is 12.0. The summed E-state index contributed by atoms with van der Waals surface area (Å²) < 4.78 is 37.8. The van der Waals surface area contributed by atoms with Crippen LogP contribution in [0.25, 0.3) is 0 Å². The normalized spacial score (nSPS) is 18.7. The fourth-order valence-corrected chi connectivity index (χ4v) is 5.53. The van der Waals surface area contributed by atoms with Crippen LogP contribution in [0, 0.1) is 0 Å². The van der Waals surface area contributed by atoms with Crippen molar-refractivity contribution in [2.75, 3.05) is 20.2 Å². The van der Waals surface area contributed by atoms with Crippen LogP contribution in [0.5, 0.6) is 5.75 Å². The second kappa shape index (κ2) is 7.51. The first-order valence-corrected chi connectivity index (χ1v) is 10.1. The van der Waals surface area contributed by atoms with Crippen molar-refractivity contribution in [3.05, 3.63) is 40.8 Å². The Balaban J connectivity index is 1.78. The number of carbonyl (C=O) groups excluding carboxylic acids is 1. The predicted molar refractivity (Wildman–Crippen MR) is 92.3 cm³/mol. The Morgan fingerprint density at radius 3 is 2.80 bits per heavy atom. The zero-order valence-corrected chi connectivity index (χ0v) is 15.3. The number of ether oxygens (including phenoxy) is 2. The van der Waals surface area contributed by atoms with Gasteiger partial charge in [0.2, 0.25) is 10.0 Å². The van der Waals surface area contributed by atoms with Crippen molar-refractivity contribution in [2.24, 2.45) is 0 Å². The van der Waals surface area contributed by atoms with E-state index in [1.54, 1.807) is 29.9 Å². The monoisotopic (exact) mass is 382 g/mol. The van der Waals surface area contributed by atoms with E-state index in [2.05, 4.69) is 9.72 Å². The summed E-state index contributed by atoms with van der Waals surface area (Å²) in [5.74, 6) is 0.0141. The number of hydrogen-bond donors (Lipinski definition) is 0. The summed E-state index contributed by atoms with van der Waals surface area (Å²) in [6.45, 7) is 0.635. The van der Waals surface area contributed by atoms with Gasteiger partial charge >= 0.3 is 5.97 Å². The van der Waals surface area contributed by atoms with Crippen LogP contribution in [0.4, 0.5) is 0 Å². The van der Waals surface area contributed by atoms with Crippen molar-refractivity contribution in [3.8, 4) is 5.75 Å². The van der Waals surface area contributed by atoms with Crippen molar-refractivity contribution in [1.82, 2.24) is 9.29 Å². The zero-order valence-electron chi connectivity index (χ0n) is 13.6. The molecule has 0 saturated carbocycles. The minimum absolute atomic E-state index is 0.00564. The molecule has 1 aliphatic heterocycles. The molecule has 0 radical (unpaired) electrons. The Kier molecular flexibility index (Phi) is 5.36. The Labute approximate surface area is 150 Å². The fraction of sp³-hybridized carbons (Fsp3) is 0.375. The molecule has 0 spiro atoms. The molecule has 1 aliphatic rings. The standard InChI is InChI=1S/C16H18N2O5S2/c1-22-16(19)15-14(6-10-24-15)25(20,21)18-9-2-3-13(11-18)23-12-4-7-17-8-5-12/h4-8,10,13H,2-3,9,11H2,1H3. The van der Waals surface area contributed by atoms with Crippen LogP contribution in [0.2, 0.25) is 0 Å². The minimum atomic E-state index is -3.78. The van der Waals surface area contributed by atoms with Gasteiger partial charge in [0.05, 0.1) is 13.7 Å². The highest BCUT2D eigenvalue weighted by molar-refractivity contribution is 7.89. The van der Waals surface area contributed by atoms with E-state index in [0.717, 1.165) is 17.8 Å². The van der Waals surface area contributed by atoms with E-state index < -0.39 is 16.0 Å². The Bertz CT molecular complexity index is 835. The van der Waals surface area contributed by atoms with Gasteiger partial charge in [-0.3, -0.25) is 4.98 Å². The lowest BCUT2D eigenvalue weighted by Gasteiger charge is -2.32. The van der Waals surface area contributed by atoms with Crippen LogP contribution in [0.1, 0.15) is 22.5 Å². The van der Waals surface area contributed by atoms with Gasteiger partial charge in [-0.25, -0.2) is 13.2 Å². The van der Waals surface area contributed by atoms with Crippen LogP contribution in [0.3, 0.4) is 0 Å². The van der Waals surface area contributed by atoms with E-state index in [4.69, 9.17) is 4.74 Å². The van der Waals surface area contributed by atoms with Crippen LogP contribution < -0.4 is 4.74 Å². The number of esters is 1. The molecule has 1 saturated heterocycles. The van der Waals surface area contributed by atoms with Crippen LogP contribution in [0.15, 0.2) is 40.9 Å². The Hall–Kier alpha value is -1.97. The van der Waals surface area contributed by atoms with E-state index in [1.165, 1.54) is 17.5 Å². The first kappa shape index (κ1) is 17.8. The van der Waals surface area contributed by atoms with Gasteiger partial charge in [-0.15, -0.1) is 11.3 Å². The van der Waals surface area contributed by atoms with Gasteiger partial charge in [0.15, 0.2) is 0 Å². The smallest absolute Gasteiger partial charge is 0.349 e. The average Bonchev–Trinajstić information content (AvgIpc) is 3.13. The molecule has 25 heavy (non-hydrogen) atoms. The molecule has 1 unspecified atom stereocenters. The maximum atomic E-state index is 12.9. The minimum Gasteiger partial charge on any atom is -0.489 e. The maximum absolute atomic E-state index is 12.9. The lowest BCUT2D eigenvalue weighted by molar-refractivity contribution is 0.0602. The van der Waals surface area contributed by atoms with Crippen LogP contribution in [-0.4, -0.2) is 50.0 Å². The summed E-state index contributed by atoms with van der Waals surface area (Å²) in [4.78, 5) is 15.8. The van der Waals surface area contributed by atoms with Crippen molar-refractivity contribution >= 4 is 27.3 Å². The number of nitrogens with zero attached hydrogens (tertiary/aromatic N) is 2. The summed E-state index contributed by atoms with van der Waals surface area (Å²) in [6, 6.07) is 4.92. The maximum Gasteiger partial charge on any atom is 0.349 e. The van der Waals surface area contributed by atoms with Crippen LogP contribution >= 0.6 is 11.3 Å². The molecule has 2 aromatic rings. The summed E-state index contributed by atoms with van der Waals surface area (Å²) in [7, 11) is -2.55. The first-order valence-electron chi connectivity index (χ1n) is 7.75. The van der Waals surface area contributed by atoms with Gasteiger partial charge < -0.3 is 9.47 Å². The molecule has 0 bridgehead atoms. The molecule has 7 nitrogen and oxygen atoms in total. The van der Waals surface area contributed by atoms with Gasteiger partial charge in [-0.1, -0.05) is 0 Å². The molecule has 9 heteroatoms. The number of piperidine rings is 1. The predicted octanol–water partition coefficient (Wildman–Crippen LogP) is 2.16. The molecule has 0 aromatic carbocycles. The van der Waals surface area contributed by atoms with Crippen molar-refractivity contribution in [3.63, 3.8) is 0 Å². The number of carbonyl (C=O) groups is 1. The van der Waals surface area contributed by atoms with Gasteiger partial charge in [-0.05, 0) is 36.4 Å². The largest absolute Gasteiger partial charge is 0.489 e. The molecule has 0 N–H and O–H groups in total. The molecule has 0 aliphatic carbocycles. The topological polar surface area (TPSA) is 85.8 Å². The molecule has 3 rings (SSSR count). The van der Waals surface area contributed by atoms with Crippen molar-refractivity contribution in [1.29, 1.82) is 0 Å². The Morgan fingerprint density at radius 2 is 2.08 bits per heavy atom. The summed E-state index contributed by atoms with van der Waals surface area (Å²) in [5, 5.41) is 1.58.